The summed E-state index contributed by atoms with van der Waals surface area (Å²) in [4.78, 5) is 11.9. The van der Waals surface area contributed by atoms with Crippen LogP contribution in [0.15, 0.2) is 65.3 Å². The van der Waals surface area contributed by atoms with Gasteiger partial charge in [-0.25, -0.2) is 0 Å². The molecule has 0 bridgehead atoms. The highest BCUT2D eigenvalue weighted by Gasteiger charge is 2.33. The van der Waals surface area contributed by atoms with Gasteiger partial charge in [-0.1, -0.05) is 23.7 Å². The number of thiocarbonyl (C=S) groups is 1. The van der Waals surface area contributed by atoms with Gasteiger partial charge in [0.2, 0.25) is 0 Å². The Morgan fingerprint density at radius 2 is 1.73 bits per heavy atom. The van der Waals surface area contributed by atoms with Crippen LogP contribution in [0.1, 0.15) is 21.7 Å². The Balaban J connectivity index is 1.53. The van der Waals surface area contributed by atoms with Gasteiger partial charge in [0.15, 0.2) is 10.9 Å². The van der Waals surface area contributed by atoms with Crippen molar-refractivity contribution in [2.45, 2.75) is 12.7 Å². The molecule has 1 aromatic heterocycles. The number of anilines is 2. The minimum absolute atomic E-state index is 0.153. The molecule has 0 radical (unpaired) electrons. The van der Waals surface area contributed by atoms with E-state index < -0.39 is 11.7 Å². The molecule has 0 atom stereocenters. The lowest BCUT2D eigenvalue weighted by molar-refractivity contribution is -0.137. The smallest absolute Gasteiger partial charge is 0.417 e. The predicted octanol–water partition coefficient (Wildman–Crippen LogP) is 5.69. The van der Waals surface area contributed by atoms with Crippen LogP contribution in [0.3, 0.4) is 0 Å². The van der Waals surface area contributed by atoms with E-state index in [2.05, 4.69) is 16.0 Å². The number of hydrogen-bond acceptors (Lipinski definition) is 3. The largest absolute Gasteiger partial charge is 0.459 e. The van der Waals surface area contributed by atoms with Crippen LogP contribution in [-0.2, 0) is 12.7 Å². The summed E-state index contributed by atoms with van der Waals surface area (Å²) in [6.45, 7) is 0.331. The Morgan fingerprint density at radius 3 is 2.37 bits per heavy atom. The van der Waals surface area contributed by atoms with Crippen molar-refractivity contribution in [2.75, 3.05) is 10.6 Å². The van der Waals surface area contributed by atoms with Crippen LogP contribution in [0.2, 0.25) is 5.02 Å². The Kier molecular flexibility index (Phi) is 6.63. The molecule has 5 nitrogen and oxygen atoms in total. The van der Waals surface area contributed by atoms with E-state index in [4.69, 9.17) is 28.2 Å². The van der Waals surface area contributed by atoms with Gasteiger partial charge in [0, 0.05) is 17.9 Å². The summed E-state index contributed by atoms with van der Waals surface area (Å²) < 4.78 is 43.8. The zero-order chi connectivity index (χ0) is 21.7. The highest BCUT2D eigenvalue weighted by molar-refractivity contribution is 7.80. The summed E-state index contributed by atoms with van der Waals surface area (Å²) in [6, 6.07) is 13.6. The lowest BCUT2D eigenvalue weighted by Gasteiger charge is -2.14. The fourth-order valence-corrected chi connectivity index (χ4v) is 2.90. The van der Waals surface area contributed by atoms with Crippen LogP contribution in [-0.4, -0.2) is 11.0 Å². The summed E-state index contributed by atoms with van der Waals surface area (Å²) >= 11 is 10.7. The molecule has 0 aliphatic carbocycles. The monoisotopic (exact) mass is 453 g/mol. The third-order valence-electron chi connectivity index (χ3n) is 3.94. The highest BCUT2D eigenvalue weighted by Crippen LogP contribution is 2.36. The molecule has 3 N–H and O–H groups in total. The predicted molar refractivity (Wildman–Crippen MR) is 113 cm³/mol. The van der Waals surface area contributed by atoms with Crippen LogP contribution in [0.5, 0.6) is 0 Å². The molecule has 1 heterocycles. The Bertz CT molecular complexity index is 1040. The van der Waals surface area contributed by atoms with E-state index in [0.717, 1.165) is 17.7 Å². The van der Waals surface area contributed by atoms with Crippen molar-refractivity contribution < 1.29 is 22.4 Å². The number of benzene rings is 2. The van der Waals surface area contributed by atoms with E-state index in [1.807, 2.05) is 0 Å². The summed E-state index contributed by atoms with van der Waals surface area (Å²) in [7, 11) is 0. The first-order chi connectivity index (χ1) is 14.2. The van der Waals surface area contributed by atoms with Crippen LogP contribution >= 0.6 is 23.8 Å². The maximum absolute atomic E-state index is 12.9. The number of nitrogens with one attached hydrogen (secondary N) is 3. The number of furan rings is 1. The van der Waals surface area contributed by atoms with Crippen molar-refractivity contribution in [1.29, 1.82) is 0 Å². The average Bonchev–Trinajstić information content (AvgIpc) is 3.23. The van der Waals surface area contributed by atoms with Crippen LogP contribution in [0.25, 0.3) is 0 Å². The standard InChI is InChI=1S/C20H15ClF3N3O2S/c21-16-8-7-14(10-15(16)20(22,23)24)27-19(30)25-11-12-3-5-13(6-4-12)26-18(28)17-2-1-9-29-17/h1-10H,11H2,(H,26,28)(H2,25,27,30). The second kappa shape index (κ2) is 9.19. The van der Waals surface area contributed by atoms with Crippen molar-refractivity contribution >= 4 is 46.2 Å². The van der Waals surface area contributed by atoms with Gasteiger partial charge in [-0.2, -0.15) is 13.2 Å². The number of halogens is 4. The van der Waals surface area contributed by atoms with Crippen molar-refractivity contribution in [2.24, 2.45) is 0 Å². The molecule has 0 unspecified atom stereocenters. The van der Waals surface area contributed by atoms with Gasteiger partial charge in [-0.15, -0.1) is 0 Å². The Labute approximate surface area is 180 Å². The lowest BCUT2D eigenvalue weighted by Crippen LogP contribution is -2.28. The number of alkyl halides is 3. The van der Waals surface area contributed by atoms with Gasteiger partial charge >= 0.3 is 6.18 Å². The van der Waals surface area contributed by atoms with Gasteiger partial charge in [0.25, 0.3) is 5.91 Å². The van der Waals surface area contributed by atoms with Crippen molar-refractivity contribution in [1.82, 2.24) is 5.32 Å². The molecule has 30 heavy (non-hydrogen) atoms. The third-order valence-corrected chi connectivity index (χ3v) is 4.52. The first-order valence-electron chi connectivity index (χ1n) is 8.58. The van der Waals surface area contributed by atoms with Crippen molar-refractivity contribution in [3.8, 4) is 0 Å². The molecule has 156 valence electrons. The lowest BCUT2D eigenvalue weighted by atomic mass is 10.2. The molecule has 0 saturated carbocycles. The molecule has 0 aliphatic rings. The first-order valence-corrected chi connectivity index (χ1v) is 9.36. The van der Waals surface area contributed by atoms with E-state index in [9.17, 15) is 18.0 Å². The number of rotatable bonds is 5. The summed E-state index contributed by atoms with van der Waals surface area (Å²) in [6.07, 6.45) is -3.15. The van der Waals surface area contributed by atoms with E-state index >= 15 is 0 Å². The average molecular weight is 454 g/mol. The van der Waals surface area contributed by atoms with E-state index in [-0.39, 0.29) is 27.5 Å². The minimum atomic E-state index is -4.56. The Morgan fingerprint density at radius 1 is 1.03 bits per heavy atom. The second-order valence-electron chi connectivity index (χ2n) is 6.13. The zero-order valence-corrected chi connectivity index (χ0v) is 16.8. The highest BCUT2D eigenvalue weighted by atomic mass is 35.5. The maximum Gasteiger partial charge on any atom is 0.417 e. The third kappa shape index (κ3) is 5.74. The van der Waals surface area contributed by atoms with Crippen molar-refractivity contribution in [3.05, 3.63) is 82.8 Å². The molecule has 10 heteroatoms. The molecule has 0 saturated heterocycles. The van der Waals surface area contributed by atoms with Gasteiger partial charge in [-0.3, -0.25) is 4.79 Å². The summed E-state index contributed by atoms with van der Waals surface area (Å²) in [5, 5.41) is 8.07. The molecule has 0 aliphatic heterocycles. The van der Waals surface area contributed by atoms with Gasteiger partial charge in [0.1, 0.15) is 0 Å². The van der Waals surface area contributed by atoms with Crippen LogP contribution in [0, 0.1) is 0 Å². The molecular formula is C20H15ClF3N3O2S. The minimum Gasteiger partial charge on any atom is -0.459 e. The zero-order valence-electron chi connectivity index (χ0n) is 15.2. The van der Waals surface area contributed by atoms with E-state index in [0.29, 0.717) is 12.2 Å². The van der Waals surface area contributed by atoms with Gasteiger partial charge in [0.05, 0.1) is 16.8 Å². The van der Waals surface area contributed by atoms with E-state index in [1.165, 1.54) is 12.3 Å². The molecule has 0 spiro atoms. The second-order valence-corrected chi connectivity index (χ2v) is 6.94. The SMILES string of the molecule is O=C(Nc1ccc(CNC(=S)Nc2ccc(Cl)c(C(F)(F)F)c2)cc1)c1ccco1. The summed E-state index contributed by atoms with van der Waals surface area (Å²) in [5.74, 6) is -0.162. The fourth-order valence-electron chi connectivity index (χ4n) is 2.48. The van der Waals surface area contributed by atoms with Gasteiger partial charge < -0.3 is 20.4 Å². The van der Waals surface area contributed by atoms with Crippen molar-refractivity contribution in [3.63, 3.8) is 0 Å². The fraction of sp³-hybridized carbons (Fsp3) is 0.100. The number of amides is 1. The molecule has 1 amide bonds. The molecule has 0 fully saturated rings. The molecule has 3 rings (SSSR count). The molecule has 3 aromatic rings. The number of carbonyl (C=O) groups excluding carboxylic acids is 1. The molecular weight excluding hydrogens is 439 g/mol. The first kappa shape index (κ1) is 21.7. The topological polar surface area (TPSA) is 66.3 Å². The maximum atomic E-state index is 12.9. The summed E-state index contributed by atoms with van der Waals surface area (Å²) in [5.41, 5.74) is 0.660. The van der Waals surface area contributed by atoms with Crippen LogP contribution < -0.4 is 16.0 Å². The van der Waals surface area contributed by atoms with Crippen LogP contribution in [0.4, 0.5) is 24.5 Å². The Hall–Kier alpha value is -3.04. The molecule has 2 aromatic carbocycles. The van der Waals surface area contributed by atoms with E-state index in [1.54, 1.807) is 36.4 Å². The quantitative estimate of drug-likeness (QED) is 0.433. The number of hydrogen-bond donors (Lipinski definition) is 3. The van der Waals surface area contributed by atoms with Gasteiger partial charge in [-0.05, 0) is 60.2 Å². The normalized spacial score (nSPS) is 11.1. The number of carbonyl (C=O) groups is 1.